The van der Waals surface area contributed by atoms with E-state index >= 15 is 0 Å². The molecule has 0 aromatic carbocycles. The Hall–Kier alpha value is -1.01. The molecule has 0 spiro atoms. The number of nitrogens with zero attached hydrogens (tertiary/aromatic N) is 1. The molecule has 3 heteroatoms. The van der Waals surface area contributed by atoms with E-state index in [1.54, 1.807) is 11.9 Å². The van der Waals surface area contributed by atoms with Crippen molar-refractivity contribution in [1.82, 2.24) is 10.2 Å². The molecule has 1 aliphatic heterocycles. The highest BCUT2D eigenvalue weighted by atomic mass is 16.2. The summed E-state index contributed by atoms with van der Waals surface area (Å²) in [4.78, 5) is 13.0. The molecule has 0 radical (unpaired) electrons. The van der Waals surface area contributed by atoms with Gasteiger partial charge in [-0.15, -0.1) is 6.42 Å². The van der Waals surface area contributed by atoms with Gasteiger partial charge in [0.15, 0.2) is 0 Å². The van der Waals surface area contributed by atoms with Gasteiger partial charge in [-0.3, -0.25) is 4.79 Å². The molecule has 0 bridgehead atoms. The van der Waals surface area contributed by atoms with Crippen LogP contribution in [0.1, 0.15) is 19.3 Å². The SMILES string of the molecule is C#CCC(=O)N(C)CC1CCCN1. The molecule has 1 amide bonds. The Labute approximate surface area is 79.5 Å². The molecule has 0 aliphatic carbocycles. The van der Waals surface area contributed by atoms with Crippen LogP contribution in [-0.4, -0.2) is 37.0 Å². The zero-order valence-corrected chi connectivity index (χ0v) is 8.05. The van der Waals surface area contributed by atoms with Gasteiger partial charge >= 0.3 is 0 Å². The Bertz CT molecular complexity index is 213. The average molecular weight is 180 g/mol. The molecule has 0 aromatic heterocycles. The van der Waals surface area contributed by atoms with E-state index in [1.807, 2.05) is 0 Å². The van der Waals surface area contributed by atoms with Crippen molar-refractivity contribution in [3.05, 3.63) is 0 Å². The molecule has 72 valence electrons. The van der Waals surface area contributed by atoms with Gasteiger partial charge in [-0.2, -0.15) is 0 Å². The van der Waals surface area contributed by atoms with Crippen molar-refractivity contribution in [3.8, 4) is 12.3 Å². The number of terminal acetylenes is 1. The Kier molecular flexibility index (Phi) is 3.78. The summed E-state index contributed by atoms with van der Waals surface area (Å²) in [5, 5.41) is 3.34. The molecular formula is C10H16N2O. The van der Waals surface area contributed by atoms with Crippen LogP contribution in [0.2, 0.25) is 0 Å². The first-order valence-electron chi connectivity index (χ1n) is 4.65. The second-order valence-corrected chi connectivity index (χ2v) is 3.45. The van der Waals surface area contributed by atoms with E-state index in [2.05, 4.69) is 11.2 Å². The highest BCUT2D eigenvalue weighted by Gasteiger charge is 2.17. The van der Waals surface area contributed by atoms with Gasteiger partial charge in [0.2, 0.25) is 5.91 Å². The lowest BCUT2D eigenvalue weighted by atomic mass is 10.2. The lowest BCUT2D eigenvalue weighted by Crippen LogP contribution is -2.38. The molecule has 0 aromatic rings. The largest absolute Gasteiger partial charge is 0.343 e. The van der Waals surface area contributed by atoms with Gasteiger partial charge in [0, 0.05) is 19.6 Å². The number of nitrogens with one attached hydrogen (secondary N) is 1. The topological polar surface area (TPSA) is 32.3 Å². The molecule has 1 aliphatic rings. The predicted octanol–water partition coefficient (Wildman–Crippen LogP) is 0.220. The Morgan fingerprint density at radius 1 is 1.77 bits per heavy atom. The quantitative estimate of drug-likeness (QED) is 0.630. The molecule has 1 saturated heterocycles. The predicted molar refractivity (Wildman–Crippen MR) is 52.1 cm³/mol. The minimum Gasteiger partial charge on any atom is -0.343 e. The number of amides is 1. The van der Waals surface area contributed by atoms with Gasteiger partial charge in [0.25, 0.3) is 0 Å². The third-order valence-corrected chi connectivity index (χ3v) is 2.34. The first kappa shape index (κ1) is 10.1. The fourth-order valence-electron chi connectivity index (χ4n) is 1.57. The van der Waals surface area contributed by atoms with Crippen LogP contribution in [-0.2, 0) is 4.79 Å². The van der Waals surface area contributed by atoms with E-state index in [-0.39, 0.29) is 12.3 Å². The van der Waals surface area contributed by atoms with Crippen LogP contribution in [0.15, 0.2) is 0 Å². The minimum atomic E-state index is 0.0381. The Balaban J connectivity index is 2.27. The number of carbonyl (C=O) groups is 1. The van der Waals surface area contributed by atoms with E-state index < -0.39 is 0 Å². The van der Waals surface area contributed by atoms with E-state index in [4.69, 9.17) is 6.42 Å². The summed E-state index contributed by atoms with van der Waals surface area (Å²) < 4.78 is 0. The van der Waals surface area contributed by atoms with E-state index in [0.717, 1.165) is 19.5 Å². The molecule has 1 unspecified atom stereocenters. The van der Waals surface area contributed by atoms with Crippen LogP contribution in [0.5, 0.6) is 0 Å². The molecule has 13 heavy (non-hydrogen) atoms. The standard InChI is InChI=1S/C10H16N2O/c1-3-5-10(13)12(2)8-9-6-4-7-11-9/h1,9,11H,4-8H2,2H3. The van der Waals surface area contributed by atoms with Gasteiger partial charge < -0.3 is 10.2 Å². The number of hydrogen-bond donors (Lipinski definition) is 1. The Morgan fingerprint density at radius 3 is 3.08 bits per heavy atom. The summed E-state index contributed by atoms with van der Waals surface area (Å²) in [5.41, 5.74) is 0. The molecule has 1 rings (SSSR count). The maximum absolute atomic E-state index is 11.3. The van der Waals surface area contributed by atoms with Crippen molar-refractivity contribution in [2.45, 2.75) is 25.3 Å². The maximum atomic E-state index is 11.3. The molecule has 1 N–H and O–H groups in total. The Morgan fingerprint density at radius 2 is 2.54 bits per heavy atom. The number of likely N-dealkylation sites (N-methyl/N-ethyl adjacent to an activating group) is 1. The van der Waals surface area contributed by atoms with Crippen LogP contribution in [0.25, 0.3) is 0 Å². The van der Waals surface area contributed by atoms with Crippen molar-refractivity contribution in [2.75, 3.05) is 20.1 Å². The summed E-state index contributed by atoms with van der Waals surface area (Å²) in [5.74, 6) is 2.40. The summed E-state index contributed by atoms with van der Waals surface area (Å²) in [6, 6.07) is 0.465. The normalized spacial score (nSPS) is 21.1. The van der Waals surface area contributed by atoms with E-state index in [1.165, 1.54) is 6.42 Å². The molecule has 0 saturated carbocycles. The zero-order valence-electron chi connectivity index (χ0n) is 8.05. The van der Waals surface area contributed by atoms with Crippen molar-refractivity contribution in [3.63, 3.8) is 0 Å². The summed E-state index contributed by atoms with van der Waals surface area (Å²) in [7, 11) is 1.81. The highest BCUT2D eigenvalue weighted by Crippen LogP contribution is 2.06. The van der Waals surface area contributed by atoms with Crippen LogP contribution < -0.4 is 5.32 Å². The lowest BCUT2D eigenvalue weighted by molar-refractivity contribution is -0.129. The number of rotatable bonds is 3. The van der Waals surface area contributed by atoms with Crippen LogP contribution in [0.4, 0.5) is 0 Å². The van der Waals surface area contributed by atoms with E-state index in [0.29, 0.717) is 6.04 Å². The summed E-state index contributed by atoms with van der Waals surface area (Å²) >= 11 is 0. The first-order chi connectivity index (χ1) is 6.24. The van der Waals surface area contributed by atoms with Gasteiger partial charge in [0.05, 0.1) is 6.42 Å². The fourth-order valence-corrected chi connectivity index (χ4v) is 1.57. The van der Waals surface area contributed by atoms with Crippen LogP contribution >= 0.6 is 0 Å². The first-order valence-corrected chi connectivity index (χ1v) is 4.65. The highest BCUT2D eigenvalue weighted by molar-refractivity contribution is 5.78. The molecule has 1 atom stereocenters. The van der Waals surface area contributed by atoms with Crippen LogP contribution in [0.3, 0.4) is 0 Å². The maximum Gasteiger partial charge on any atom is 0.234 e. The number of hydrogen-bond acceptors (Lipinski definition) is 2. The molecule has 3 nitrogen and oxygen atoms in total. The van der Waals surface area contributed by atoms with Crippen molar-refractivity contribution < 1.29 is 4.79 Å². The zero-order chi connectivity index (χ0) is 9.68. The lowest BCUT2D eigenvalue weighted by Gasteiger charge is -2.20. The average Bonchev–Trinajstić information content (AvgIpc) is 2.57. The van der Waals surface area contributed by atoms with Crippen LogP contribution in [0, 0.1) is 12.3 Å². The van der Waals surface area contributed by atoms with Crippen molar-refractivity contribution >= 4 is 5.91 Å². The third-order valence-electron chi connectivity index (χ3n) is 2.34. The van der Waals surface area contributed by atoms with Gasteiger partial charge in [0.1, 0.15) is 0 Å². The van der Waals surface area contributed by atoms with Gasteiger partial charge in [-0.05, 0) is 19.4 Å². The van der Waals surface area contributed by atoms with Gasteiger partial charge in [-0.25, -0.2) is 0 Å². The van der Waals surface area contributed by atoms with Crippen molar-refractivity contribution in [1.29, 1.82) is 0 Å². The summed E-state index contributed by atoms with van der Waals surface area (Å²) in [6.45, 7) is 1.85. The summed E-state index contributed by atoms with van der Waals surface area (Å²) in [6.07, 6.45) is 7.64. The molecule has 1 heterocycles. The second-order valence-electron chi connectivity index (χ2n) is 3.45. The van der Waals surface area contributed by atoms with Crippen molar-refractivity contribution in [2.24, 2.45) is 0 Å². The minimum absolute atomic E-state index is 0.0381. The number of carbonyl (C=O) groups excluding carboxylic acids is 1. The smallest absolute Gasteiger partial charge is 0.234 e. The molecule has 1 fully saturated rings. The molecular weight excluding hydrogens is 164 g/mol. The van der Waals surface area contributed by atoms with E-state index in [9.17, 15) is 4.79 Å². The fraction of sp³-hybridized carbons (Fsp3) is 0.700. The second kappa shape index (κ2) is 4.88. The monoisotopic (exact) mass is 180 g/mol. The van der Waals surface area contributed by atoms with Gasteiger partial charge in [-0.1, -0.05) is 5.92 Å². The third kappa shape index (κ3) is 3.08.